The van der Waals surface area contributed by atoms with E-state index >= 15 is 0 Å². The van der Waals surface area contributed by atoms with Crippen LogP contribution in [0.25, 0.3) is 0 Å². The molecule has 1 aliphatic heterocycles. The van der Waals surface area contributed by atoms with Crippen molar-refractivity contribution in [1.29, 1.82) is 0 Å². The molecule has 1 fully saturated rings. The van der Waals surface area contributed by atoms with Crippen molar-refractivity contribution in [2.45, 2.75) is 69.4 Å². The molecule has 1 aromatic rings. The average Bonchev–Trinajstić information content (AvgIpc) is 2.94. The fourth-order valence-corrected chi connectivity index (χ4v) is 4.99. The lowest BCUT2D eigenvalue weighted by Gasteiger charge is -2.25. The maximum Gasteiger partial charge on any atom is 0.241 e. The van der Waals surface area contributed by atoms with Crippen molar-refractivity contribution in [1.82, 2.24) is 10.0 Å². The molecule has 0 spiro atoms. The zero-order chi connectivity index (χ0) is 20.1. The SMILES string of the molecule is CC(C)[C@H](NS(=O)(=O)c1ccc2c(c1)OCCO2)C(=O)NC1CCCCCC1. The van der Waals surface area contributed by atoms with E-state index in [9.17, 15) is 13.2 Å². The molecule has 0 aromatic heterocycles. The van der Waals surface area contributed by atoms with Gasteiger partial charge in [0.25, 0.3) is 0 Å². The zero-order valence-corrected chi connectivity index (χ0v) is 17.4. The third kappa shape index (κ3) is 5.17. The van der Waals surface area contributed by atoms with Gasteiger partial charge in [0, 0.05) is 12.1 Å². The number of sulfonamides is 1. The lowest BCUT2D eigenvalue weighted by Crippen LogP contribution is -2.51. The molecular weight excluding hydrogens is 380 g/mol. The standard InChI is InChI=1S/C20H30N2O5S/c1-14(2)19(20(23)21-15-7-5-3-4-6-8-15)22-28(24,25)16-9-10-17-18(13-16)27-12-11-26-17/h9-10,13-15,19,22H,3-8,11-12H2,1-2H3,(H,21,23)/t19-/m0/s1. The maximum atomic E-state index is 12.9. The van der Waals surface area contributed by atoms with Gasteiger partial charge in [0.15, 0.2) is 11.5 Å². The molecule has 0 unspecified atom stereocenters. The summed E-state index contributed by atoms with van der Waals surface area (Å²) in [6, 6.07) is 3.78. The lowest BCUT2D eigenvalue weighted by molar-refractivity contribution is -0.124. The number of hydrogen-bond donors (Lipinski definition) is 2. The number of rotatable bonds is 6. The van der Waals surface area contributed by atoms with Gasteiger partial charge in [0.2, 0.25) is 15.9 Å². The van der Waals surface area contributed by atoms with E-state index < -0.39 is 16.1 Å². The molecule has 2 aliphatic rings. The summed E-state index contributed by atoms with van der Waals surface area (Å²) in [6.07, 6.45) is 6.48. The topological polar surface area (TPSA) is 93.7 Å². The minimum absolute atomic E-state index is 0.0599. The molecule has 8 heteroatoms. The molecule has 1 heterocycles. The number of amides is 1. The molecule has 1 aliphatic carbocycles. The first-order valence-electron chi connectivity index (χ1n) is 10.1. The van der Waals surface area contributed by atoms with Crippen LogP contribution in [-0.2, 0) is 14.8 Å². The van der Waals surface area contributed by atoms with Crippen LogP contribution in [0.15, 0.2) is 23.1 Å². The van der Waals surface area contributed by atoms with E-state index in [2.05, 4.69) is 10.0 Å². The maximum absolute atomic E-state index is 12.9. The molecule has 3 rings (SSSR count). The van der Waals surface area contributed by atoms with Gasteiger partial charge in [-0.1, -0.05) is 39.5 Å². The summed E-state index contributed by atoms with van der Waals surface area (Å²) >= 11 is 0. The van der Waals surface area contributed by atoms with E-state index in [0.717, 1.165) is 25.7 Å². The average molecular weight is 411 g/mol. The molecule has 0 saturated heterocycles. The number of benzene rings is 1. The Morgan fingerprint density at radius 2 is 1.68 bits per heavy atom. The van der Waals surface area contributed by atoms with Crippen molar-refractivity contribution in [2.24, 2.45) is 5.92 Å². The van der Waals surface area contributed by atoms with Crippen molar-refractivity contribution in [3.05, 3.63) is 18.2 Å². The highest BCUT2D eigenvalue weighted by Crippen LogP contribution is 2.32. The van der Waals surface area contributed by atoms with Gasteiger partial charge >= 0.3 is 0 Å². The smallest absolute Gasteiger partial charge is 0.241 e. The highest BCUT2D eigenvalue weighted by atomic mass is 32.2. The minimum Gasteiger partial charge on any atom is -0.486 e. The Kier molecular flexibility index (Phi) is 6.82. The van der Waals surface area contributed by atoms with Crippen LogP contribution in [0.5, 0.6) is 11.5 Å². The number of fused-ring (bicyclic) bond motifs is 1. The first-order chi connectivity index (χ1) is 13.4. The second-order valence-electron chi connectivity index (χ2n) is 7.85. The van der Waals surface area contributed by atoms with Crippen LogP contribution in [0.3, 0.4) is 0 Å². The second-order valence-corrected chi connectivity index (χ2v) is 9.56. The van der Waals surface area contributed by atoms with E-state index in [4.69, 9.17) is 9.47 Å². The highest BCUT2D eigenvalue weighted by molar-refractivity contribution is 7.89. The molecule has 1 aromatic carbocycles. The van der Waals surface area contributed by atoms with Crippen molar-refractivity contribution in [3.63, 3.8) is 0 Å². The first-order valence-corrected chi connectivity index (χ1v) is 11.6. The second kappa shape index (κ2) is 9.13. The van der Waals surface area contributed by atoms with Crippen molar-refractivity contribution in [2.75, 3.05) is 13.2 Å². The van der Waals surface area contributed by atoms with Gasteiger partial charge in [-0.05, 0) is 30.9 Å². The molecule has 156 valence electrons. The van der Waals surface area contributed by atoms with Crippen LogP contribution in [0.4, 0.5) is 0 Å². The molecular formula is C20H30N2O5S. The predicted molar refractivity (Wildman–Crippen MR) is 106 cm³/mol. The number of nitrogens with one attached hydrogen (secondary N) is 2. The normalized spacial score (nSPS) is 19.1. The van der Waals surface area contributed by atoms with E-state index in [-0.39, 0.29) is 22.8 Å². The van der Waals surface area contributed by atoms with Crippen molar-refractivity contribution < 1.29 is 22.7 Å². The van der Waals surface area contributed by atoms with Crippen LogP contribution >= 0.6 is 0 Å². The zero-order valence-electron chi connectivity index (χ0n) is 16.6. The molecule has 1 saturated carbocycles. The van der Waals surface area contributed by atoms with Crippen molar-refractivity contribution in [3.8, 4) is 11.5 Å². The number of hydrogen-bond acceptors (Lipinski definition) is 5. The van der Waals surface area contributed by atoms with Gasteiger partial charge in [0.1, 0.15) is 19.3 Å². The third-order valence-electron chi connectivity index (χ3n) is 5.26. The lowest BCUT2D eigenvalue weighted by atomic mass is 10.0. The predicted octanol–water partition coefficient (Wildman–Crippen LogP) is 2.60. The summed E-state index contributed by atoms with van der Waals surface area (Å²) in [6.45, 7) is 4.49. The minimum atomic E-state index is -3.88. The van der Waals surface area contributed by atoms with Gasteiger partial charge in [-0.15, -0.1) is 0 Å². The van der Waals surface area contributed by atoms with E-state index in [1.54, 1.807) is 6.07 Å². The Labute approximate surface area is 167 Å². The van der Waals surface area contributed by atoms with Crippen LogP contribution in [0.1, 0.15) is 52.4 Å². The quantitative estimate of drug-likeness (QED) is 0.703. The summed E-state index contributed by atoms with van der Waals surface area (Å²) in [5.41, 5.74) is 0. The number of carbonyl (C=O) groups excluding carboxylic acids is 1. The molecule has 1 atom stereocenters. The Morgan fingerprint density at radius 1 is 1.04 bits per heavy atom. The van der Waals surface area contributed by atoms with Crippen LogP contribution in [0, 0.1) is 5.92 Å². The van der Waals surface area contributed by atoms with E-state index in [0.29, 0.717) is 24.7 Å². The molecule has 0 radical (unpaired) electrons. The van der Waals surface area contributed by atoms with Gasteiger partial charge < -0.3 is 14.8 Å². The summed E-state index contributed by atoms with van der Waals surface area (Å²) in [5.74, 6) is 0.482. The van der Waals surface area contributed by atoms with E-state index in [1.165, 1.54) is 25.0 Å². The number of ether oxygens (including phenoxy) is 2. The Bertz CT molecular complexity index is 786. The van der Waals surface area contributed by atoms with Gasteiger partial charge in [-0.3, -0.25) is 4.79 Å². The number of carbonyl (C=O) groups is 1. The van der Waals surface area contributed by atoms with Gasteiger partial charge in [-0.25, -0.2) is 8.42 Å². The molecule has 0 bridgehead atoms. The Hall–Kier alpha value is -1.80. The van der Waals surface area contributed by atoms with Gasteiger partial charge in [0.05, 0.1) is 4.90 Å². The van der Waals surface area contributed by atoms with Crippen molar-refractivity contribution >= 4 is 15.9 Å². The van der Waals surface area contributed by atoms with E-state index in [1.807, 2.05) is 13.8 Å². The first kappa shape index (κ1) is 20.9. The molecule has 7 nitrogen and oxygen atoms in total. The summed E-state index contributed by atoms with van der Waals surface area (Å²) < 4.78 is 39.3. The van der Waals surface area contributed by atoms with Gasteiger partial charge in [-0.2, -0.15) is 4.72 Å². The highest BCUT2D eigenvalue weighted by Gasteiger charge is 2.30. The van der Waals surface area contributed by atoms with Crippen LogP contribution < -0.4 is 19.5 Å². The van der Waals surface area contributed by atoms with Crippen LogP contribution in [0.2, 0.25) is 0 Å². The molecule has 28 heavy (non-hydrogen) atoms. The molecule has 2 N–H and O–H groups in total. The Balaban J connectivity index is 1.72. The molecule has 1 amide bonds. The Morgan fingerprint density at radius 3 is 2.32 bits per heavy atom. The fourth-order valence-electron chi connectivity index (χ4n) is 3.63. The monoisotopic (exact) mass is 410 g/mol. The third-order valence-corrected chi connectivity index (χ3v) is 6.70. The fraction of sp³-hybridized carbons (Fsp3) is 0.650. The largest absolute Gasteiger partial charge is 0.486 e. The summed E-state index contributed by atoms with van der Waals surface area (Å²) in [5, 5.41) is 3.05. The summed E-state index contributed by atoms with van der Waals surface area (Å²) in [7, 11) is -3.88. The van der Waals surface area contributed by atoms with Crippen LogP contribution in [-0.4, -0.2) is 39.6 Å². The summed E-state index contributed by atoms with van der Waals surface area (Å²) in [4.78, 5) is 12.9.